The summed E-state index contributed by atoms with van der Waals surface area (Å²) in [6.07, 6.45) is 2.63. The van der Waals surface area contributed by atoms with E-state index >= 15 is 0 Å². The molecular formula is C14H13BrFNO2. The molecule has 0 aliphatic carbocycles. The molecule has 0 amide bonds. The van der Waals surface area contributed by atoms with Crippen molar-refractivity contribution in [2.45, 2.75) is 19.6 Å². The lowest BCUT2D eigenvalue weighted by Crippen LogP contribution is -2.02. The minimum absolute atomic E-state index is 0.260. The Kier molecular flexibility index (Phi) is 4.50. The average molecular weight is 326 g/mol. The van der Waals surface area contributed by atoms with Gasteiger partial charge in [0.1, 0.15) is 18.2 Å². The first-order valence-electron chi connectivity index (χ1n) is 5.76. The molecule has 0 saturated carbocycles. The first kappa shape index (κ1) is 14.0. The SMILES string of the molecule is C[C@@H](O)c1ccc(F)cc1OCc1cncc(Br)c1. The Morgan fingerprint density at radius 2 is 2.16 bits per heavy atom. The molecule has 5 heteroatoms. The second kappa shape index (κ2) is 6.12. The molecule has 0 fully saturated rings. The van der Waals surface area contributed by atoms with E-state index in [1.807, 2.05) is 6.07 Å². The summed E-state index contributed by atoms with van der Waals surface area (Å²) in [5, 5.41) is 9.61. The number of aromatic nitrogens is 1. The highest BCUT2D eigenvalue weighted by molar-refractivity contribution is 9.10. The summed E-state index contributed by atoms with van der Waals surface area (Å²) in [5.74, 6) is -0.0539. The molecule has 1 aromatic heterocycles. The van der Waals surface area contributed by atoms with Crippen LogP contribution in [0.3, 0.4) is 0 Å². The molecule has 1 heterocycles. The fourth-order valence-electron chi connectivity index (χ4n) is 1.67. The van der Waals surface area contributed by atoms with Crippen molar-refractivity contribution in [3.63, 3.8) is 0 Å². The molecule has 0 bridgehead atoms. The van der Waals surface area contributed by atoms with Gasteiger partial charge in [0.15, 0.2) is 0 Å². The van der Waals surface area contributed by atoms with Gasteiger partial charge in [0.05, 0.1) is 6.10 Å². The molecule has 0 radical (unpaired) electrons. The van der Waals surface area contributed by atoms with Gasteiger partial charge in [0, 0.05) is 34.1 Å². The summed E-state index contributed by atoms with van der Waals surface area (Å²) in [6.45, 7) is 1.87. The van der Waals surface area contributed by atoms with E-state index in [0.717, 1.165) is 10.0 Å². The lowest BCUT2D eigenvalue weighted by Gasteiger charge is -2.13. The quantitative estimate of drug-likeness (QED) is 0.933. The van der Waals surface area contributed by atoms with E-state index in [2.05, 4.69) is 20.9 Å². The number of hydrogen-bond acceptors (Lipinski definition) is 3. The number of ether oxygens (including phenoxy) is 1. The van der Waals surface area contributed by atoms with Crippen molar-refractivity contribution >= 4 is 15.9 Å². The summed E-state index contributed by atoms with van der Waals surface area (Å²) < 4.78 is 19.6. The zero-order valence-electron chi connectivity index (χ0n) is 10.3. The highest BCUT2D eigenvalue weighted by Crippen LogP contribution is 2.26. The van der Waals surface area contributed by atoms with Crippen LogP contribution in [0.1, 0.15) is 24.2 Å². The van der Waals surface area contributed by atoms with E-state index in [-0.39, 0.29) is 6.61 Å². The molecule has 0 saturated heterocycles. The molecule has 2 aromatic rings. The van der Waals surface area contributed by atoms with Crippen LogP contribution in [0.2, 0.25) is 0 Å². The third-order valence-corrected chi connectivity index (χ3v) is 3.02. The molecule has 0 aliphatic heterocycles. The topological polar surface area (TPSA) is 42.4 Å². The van der Waals surface area contributed by atoms with E-state index in [9.17, 15) is 9.50 Å². The van der Waals surface area contributed by atoms with Crippen molar-refractivity contribution in [2.75, 3.05) is 0 Å². The lowest BCUT2D eigenvalue weighted by atomic mass is 10.1. The molecule has 0 unspecified atom stereocenters. The molecule has 2 rings (SSSR count). The Morgan fingerprint density at radius 1 is 1.37 bits per heavy atom. The molecule has 0 spiro atoms. The van der Waals surface area contributed by atoms with Crippen LogP contribution in [-0.2, 0) is 6.61 Å². The number of halogens is 2. The van der Waals surface area contributed by atoms with E-state index < -0.39 is 11.9 Å². The predicted molar refractivity (Wildman–Crippen MR) is 73.3 cm³/mol. The first-order valence-corrected chi connectivity index (χ1v) is 6.55. The Morgan fingerprint density at radius 3 is 2.84 bits per heavy atom. The minimum atomic E-state index is -0.712. The van der Waals surface area contributed by atoms with Crippen LogP contribution < -0.4 is 4.74 Å². The number of hydrogen-bond donors (Lipinski definition) is 1. The van der Waals surface area contributed by atoms with Gasteiger partial charge in [-0.05, 0) is 41.1 Å². The standard InChI is InChI=1S/C14H13BrFNO2/c1-9(18)13-3-2-12(16)5-14(13)19-8-10-4-11(15)7-17-6-10/h2-7,9,18H,8H2,1H3/t9-/m1/s1. The van der Waals surface area contributed by atoms with Crippen molar-refractivity contribution in [3.05, 3.63) is 58.1 Å². The highest BCUT2D eigenvalue weighted by Gasteiger charge is 2.10. The van der Waals surface area contributed by atoms with Crippen LogP contribution in [0.15, 0.2) is 41.1 Å². The maximum Gasteiger partial charge on any atom is 0.128 e. The molecule has 1 atom stereocenters. The van der Waals surface area contributed by atoms with Crippen molar-refractivity contribution in [1.29, 1.82) is 0 Å². The molecule has 3 nitrogen and oxygen atoms in total. The molecule has 1 aromatic carbocycles. The van der Waals surface area contributed by atoms with E-state index in [4.69, 9.17) is 4.74 Å². The molecule has 100 valence electrons. The zero-order chi connectivity index (χ0) is 13.8. The third-order valence-electron chi connectivity index (χ3n) is 2.58. The number of pyridine rings is 1. The van der Waals surface area contributed by atoms with Gasteiger partial charge in [-0.25, -0.2) is 4.39 Å². The van der Waals surface area contributed by atoms with Crippen molar-refractivity contribution in [1.82, 2.24) is 4.98 Å². The minimum Gasteiger partial charge on any atom is -0.488 e. The van der Waals surface area contributed by atoms with Crippen LogP contribution in [-0.4, -0.2) is 10.1 Å². The van der Waals surface area contributed by atoms with Gasteiger partial charge in [0.2, 0.25) is 0 Å². The summed E-state index contributed by atoms with van der Waals surface area (Å²) in [7, 11) is 0. The summed E-state index contributed by atoms with van der Waals surface area (Å²) in [5.41, 5.74) is 1.42. The van der Waals surface area contributed by atoms with E-state index in [0.29, 0.717) is 11.3 Å². The number of aliphatic hydroxyl groups is 1. The van der Waals surface area contributed by atoms with Crippen LogP contribution in [0.25, 0.3) is 0 Å². The van der Waals surface area contributed by atoms with Gasteiger partial charge in [0.25, 0.3) is 0 Å². The van der Waals surface area contributed by atoms with E-state index in [1.54, 1.807) is 19.3 Å². The fraction of sp³-hybridized carbons (Fsp3) is 0.214. The maximum absolute atomic E-state index is 13.2. The van der Waals surface area contributed by atoms with Gasteiger partial charge in [-0.15, -0.1) is 0 Å². The Bertz CT molecular complexity index is 575. The maximum atomic E-state index is 13.2. The van der Waals surface area contributed by atoms with E-state index in [1.165, 1.54) is 18.2 Å². The lowest BCUT2D eigenvalue weighted by molar-refractivity contribution is 0.190. The number of aliphatic hydroxyl groups excluding tert-OH is 1. The van der Waals surface area contributed by atoms with Crippen LogP contribution in [0, 0.1) is 5.82 Å². The van der Waals surface area contributed by atoms with Crippen molar-refractivity contribution in [3.8, 4) is 5.75 Å². The molecule has 1 N–H and O–H groups in total. The van der Waals surface area contributed by atoms with Gasteiger partial charge in [-0.3, -0.25) is 4.98 Å². The summed E-state index contributed by atoms with van der Waals surface area (Å²) in [4.78, 5) is 4.02. The average Bonchev–Trinajstić information content (AvgIpc) is 2.36. The third kappa shape index (κ3) is 3.75. The van der Waals surface area contributed by atoms with Crippen LogP contribution in [0.4, 0.5) is 4.39 Å². The predicted octanol–water partition coefficient (Wildman–Crippen LogP) is 3.62. The normalized spacial score (nSPS) is 12.2. The smallest absolute Gasteiger partial charge is 0.128 e. The number of rotatable bonds is 4. The fourth-order valence-corrected chi connectivity index (χ4v) is 2.09. The number of benzene rings is 1. The zero-order valence-corrected chi connectivity index (χ0v) is 11.9. The largest absolute Gasteiger partial charge is 0.488 e. The first-order chi connectivity index (χ1) is 9.06. The second-order valence-corrected chi connectivity index (χ2v) is 5.07. The summed E-state index contributed by atoms with van der Waals surface area (Å²) >= 11 is 3.32. The van der Waals surface area contributed by atoms with Crippen LogP contribution >= 0.6 is 15.9 Å². The monoisotopic (exact) mass is 325 g/mol. The van der Waals surface area contributed by atoms with Crippen molar-refractivity contribution in [2.24, 2.45) is 0 Å². The van der Waals surface area contributed by atoms with Gasteiger partial charge in [-0.1, -0.05) is 0 Å². The Hall–Kier alpha value is -1.46. The highest BCUT2D eigenvalue weighted by atomic mass is 79.9. The van der Waals surface area contributed by atoms with Crippen molar-refractivity contribution < 1.29 is 14.2 Å². The molecular weight excluding hydrogens is 313 g/mol. The Balaban J connectivity index is 2.17. The molecule has 0 aliphatic rings. The van der Waals surface area contributed by atoms with Gasteiger partial charge >= 0.3 is 0 Å². The van der Waals surface area contributed by atoms with Gasteiger partial charge in [-0.2, -0.15) is 0 Å². The van der Waals surface area contributed by atoms with Gasteiger partial charge < -0.3 is 9.84 Å². The number of nitrogens with zero attached hydrogens (tertiary/aromatic N) is 1. The second-order valence-electron chi connectivity index (χ2n) is 4.16. The Labute approximate surface area is 119 Å². The molecule has 19 heavy (non-hydrogen) atoms. The van der Waals surface area contributed by atoms with Crippen LogP contribution in [0.5, 0.6) is 5.75 Å². The summed E-state index contributed by atoms with van der Waals surface area (Å²) in [6, 6.07) is 5.96.